The van der Waals surface area contributed by atoms with Gasteiger partial charge in [0, 0.05) is 38.3 Å². The van der Waals surface area contributed by atoms with Gasteiger partial charge in [-0.15, -0.1) is 0 Å². The molecule has 140 valence electrons. The fraction of sp³-hybridized carbons (Fsp3) is 0.474. The molecule has 3 fully saturated rings. The summed E-state index contributed by atoms with van der Waals surface area (Å²) in [5.41, 5.74) is 1.55. The van der Waals surface area contributed by atoms with Crippen LogP contribution in [0, 0.1) is 11.8 Å². The number of rotatable bonds is 3. The van der Waals surface area contributed by atoms with Crippen LogP contribution in [0.15, 0.2) is 18.2 Å². The van der Waals surface area contributed by atoms with E-state index in [0.29, 0.717) is 29.0 Å². The van der Waals surface area contributed by atoms with E-state index in [-0.39, 0.29) is 18.7 Å². The highest BCUT2D eigenvalue weighted by Gasteiger charge is 2.55. The van der Waals surface area contributed by atoms with Crippen molar-refractivity contribution in [2.24, 2.45) is 11.8 Å². The molecule has 0 aromatic heterocycles. The van der Waals surface area contributed by atoms with Gasteiger partial charge in [0.2, 0.25) is 11.8 Å². The average Bonchev–Trinajstić information content (AvgIpc) is 3.00. The fourth-order valence-electron chi connectivity index (χ4n) is 4.81. The van der Waals surface area contributed by atoms with Gasteiger partial charge < -0.3 is 10.2 Å². The highest BCUT2D eigenvalue weighted by atomic mass is 16.2. The number of hydrogen-bond donors (Lipinski definition) is 2. The van der Waals surface area contributed by atoms with Crippen molar-refractivity contribution in [3.8, 4) is 0 Å². The third-order valence-electron chi connectivity index (χ3n) is 6.32. The maximum Gasteiger partial charge on any atom is 0.262 e. The molecule has 0 spiro atoms. The third-order valence-corrected chi connectivity index (χ3v) is 6.32. The molecule has 0 bridgehead atoms. The van der Waals surface area contributed by atoms with Crippen molar-refractivity contribution < 1.29 is 19.2 Å². The van der Waals surface area contributed by atoms with Gasteiger partial charge in [-0.3, -0.25) is 29.4 Å². The molecule has 1 saturated carbocycles. The quantitative estimate of drug-likeness (QED) is 0.714. The zero-order valence-corrected chi connectivity index (χ0v) is 14.9. The van der Waals surface area contributed by atoms with E-state index < -0.39 is 23.8 Å². The van der Waals surface area contributed by atoms with Gasteiger partial charge in [0.05, 0.1) is 11.1 Å². The predicted molar refractivity (Wildman–Crippen MR) is 95.2 cm³/mol. The van der Waals surface area contributed by atoms with E-state index in [9.17, 15) is 19.2 Å². The van der Waals surface area contributed by atoms with Crippen LogP contribution in [0.1, 0.15) is 33.6 Å². The van der Waals surface area contributed by atoms with Gasteiger partial charge in [0.15, 0.2) is 0 Å². The summed E-state index contributed by atoms with van der Waals surface area (Å²) in [6.45, 7) is 2.04. The molecule has 4 aliphatic rings. The molecule has 4 atom stereocenters. The van der Waals surface area contributed by atoms with Crippen LogP contribution in [0.2, 0.25) is 0 Å². The topological polar surface area (TPSA) is 98.8 Å². The van der Waals surface area contributed by atoms with Crippen molar-refractivity contribution in [1.29, 1.82) is 0 Å². The van der Waals surface area contributed by atoms with Crippen molar-refractivity contribution in [2.75, 3.05) is 25.0 Å². The zero-order valence-electron chi connectivity index (χ0n) is 14.9. The van der Waals surface area contributed by atoms with Crippen LogP contribution in [0.5, 0.6) is 0 Å². The minimum atomic E-state index is -0.926. The number of carbonyl (C=O) groups is 4. The maximum atomic E-state index is 12.9. The molecule has 8 heteroatoms. The molecule has 2 unspecified atom stereocenters. The van der Waals surface area contributed by atoms with E-state index in [4.69, 9.17) is 0 Å². The number of amides is 4. The summed E-state index contributed by atoms with van der Waals surface area (Å²) in [6, 6.07) is 4.82. The van der Waals surface area contributed by atoms with Crippen LogP contribution in [0.25, 0.3) is 0 Å². The van der Waals surface area contributed by atoms with Gasteiger partial charge in [0.25, 0.3) is 11.8 Å². The lowest BCUT2D eigenvalue weighted by molar-refractivity contribution is -0.136. The van der Waals surface area contributed by atoms with Crippen molar-refractivity contribution >= 4 is 29.3 Å². The van der Waals surface area contributed by atoms with Gasteiger partial charge in [-0.05, 0) is 36.5 Å². The molecule has 4 amide bonds. The largest absolute Gasteiger partial charge is 0.371 e. The molecule has 1 aromatic rings. The van der Waals surface area contributed by atoms with Gasteiger partial charge >= 0.3 is 0 Å². The molecule has 2 saturated heterocycles. The number of benzene rings is 1. The number of piperidine rings is 2. The lowest BCUT2D eigenvalue weighted by Crippen LogP contribution is -2.54. The number of nitrogens with zero attached hydrogens (tertiary/aromatic N) is 2. The fourth-order valence-corrected chi connectivity index (χ4v) is 4.81. The van der Waals surface area contributed by atoms with E-state index in [1.165, 1.54) is 0 Å². The Bertz CT molecular complexity index is 888. The molecular formula is C19H20N4O4. The molecule has 0 radical (unpaired) electrons. The molecule has 5 rings (SSSR count). The van der Waals surface area contributed by atoms with E-state index in [1.807, 2.05) is 13.1 Å². The molecule has 1 aliphatic carbocycles. The molecule has 3 heterocycles. The number of imide groups is 2. The van der Waals surface area contributed by atoms with Crippen LogP contribution in [-0.4, -0.2) is 60.7 Å². The minimum absolute atomic E-state index is 0.121. The van der Waals surface area contributed by atoms with Gasteiger partial charge in [-0.25, -0.2) is 0 Å². The lowest BCUT2D eigenvalue weighted by Gasteiger charge is -2.27. The molecule has 27 heavy (non-hydrogen) atoms. The highest BCUT2D eigenvalue weighted by Crippen LogP contribution is 2.46. The number of fused-ring (bicyclic) bond motifs is 2. The molecular weight excluding hydrogens is 348 g/mol. The Balaban J connectivity index is 1.41. The second-order valence-electron chi connectivity index (χ2n) is 7.76. The Hall–Kier alpha value is -2.74. The summed E-state index contributed by atoms with van der Waals surface area (Å²) in [5.74, 6) is -0.609. The van der Waals surface area contributed by atoms with Crippen LogP contribution >= 0.6 is 0 Å². The van der Waals surface area contributed by atoms with Crippen LogP contribution in [-0.2, 0) is 9.59 Å². The summed E-state index contributed by atoms with van der Waals surface area (Å²) < 4.78 is 0. The lowest BCUT2D eigenvalue weighted by atomic mass is 10.0. The number of hydrogen-bond acceptors (Lipinski definition) is 6. The summed E-state index contributed by atoms with van der Waals surface area (Å²) >= 11 is 0. The van der Waals surface area contributed by atoms with Crippen molar-refractivity contribution in [1.82, 2.24) is 15.5 Å². The van der Waals surface area contributed by atoms with Crippen LogP contribution < -0.4 is 15.5 Å². The van der Waals surface area contributed by atoms with Gasteiger partial charge in [-0.2, -0.15) is 0 Å². The highest BCUT2D eigenvalue weighted by molar-refractivity contribution is 6.23. The van der Waals surface area contributed by atoms with E-state index in [2.05, 4.69) is 15.5 Å². The summed E-state index contributed by atoms with van der Waals surface area (Å²) in [4.78, 5) is 52.3. The molecule has 1 aromatic carbocycles. The summed E-state index contributed by atoms with van der Waals surface area (Å²) in [5, 5.41) is 5.58. The van der Waals surface area contributed by atoms with Crippen LogP contribution in [0.3, 0.4) is 0 Å². The van der Waals surface area contributed by atoms with Gasteiger partial charge in [0.1, 0.15) is 6.04 Å². The zero-order chi connectivity index (χ0) is 18.9. The SMILES string of the molecule is CN(c1ccc2c(c1)C(=O)N(C1CCC(=O)NC1=O)C2=O)C1[C@H]2CNC[C@@H]12. The standard InChI is InChI=1S/C19H20N4O4/c1-22(16-12-7-20-8-13(12)16)9-2-3-10-11(6-9)19(27)23(18(10)26)14-4-5-15(24)21-17(14)25/h2-3,6,12-14,16,20H,4-5,7-8H2,1H3,(H,21,24,25)/t12-,13+,14?,16?. The Morgan fingerprint density at radius 3 is 2.44 bits per heavy atom. The second kappa shape index (κ2) is 5.63. The van der Waals surface area contributed by atoms with Crippen molar-refractivity contribution in [3.05, 3.63) is 29.3 Å². The number of carbonyl (C=O) groups excluding carboxylic acids is 4. The Labute approximate surface area is 155 Å². The number of nitrogens with one attached hydrogen (secondary N) is 2. The Morgan fingerprint density at radius 2 is 1.74 bits per heavy atom. The third kappa shape index (κ3) is 2.32. The average molecular weight is 368 g/mol. The monoisotopic (exact) mass is 368 g/mol. The van der Waals surface area contributed by atoms with E-state index in [1.54, 1.807) is 12.1 Å². The molecule has 2 N–H and O–H groups in total. The smallest absolute Gasteiger partial charge is 0.262 e. The first-order valence-electron chi connectivity index (χ1n) is 9.26. The first-order chi connectivity index (χ1) is 13.0. The molecule has 8 nitrogen and oxygen atoms in total. The van der Waals surface area contributed by atoms with E-state index in [0.717, 1.165) is 23.7 Å². The number of anilines is 1. The van der Waals surface area contributed by atoms with Crippen molar-refractivity contribution in [3.63, 3.8) is 0 Å². The maximum absolute atomic E-state index is 12.9. The van der Waals surface area contributed by atoms with E-state index >= 15 is 0 Å². The van der Waals surface area contributed by atoms with Crippen molar-refractivity contribution in [2.45, 2.75) is 24.9 Å². The Morgan fingerprint density at radius 1 is 1.04 bits per heavy atom. The first-order valence-corrected chi connectivity index (χ1v) is 9.26. The summed E-state index contributed by atoms with van der Waals surface area (Å²) in [6.07, 6.45) is 0.289. The Kier molecular flexibility index (Phi) is 3.42. The first kappa shape index (κ1) is 16.4. The summed E-state index contributed by atoms with van der Waals surface area (Å²) in [7, 11) is 2.02. The molecule has 3 aliphatic heterocycles. The predicted octanol–water partition coefficient (Wildman–Crippen LogP) is -0.258. The van der Waals surface area contributed by atoms with Crippen LogP contribution in [0.4, 0.5) is 5.69 Å². The minimum Gasteiger partial charge on any atom is -0.371 e. The van der Waals surface area contributed by atoms with Gasteiger partial charge in [-0.1, -0.05) is 0 Å². The normalized spacial score (nSPS) is 31.7. The second-order valence-corrected chi connectivity index (χ2v) is 7.76.